The highest BCUT2D eigenvalue weighted by molar-refractivity contribution is 5.98. The lowest BCUT2D eigenvalue weighted by molar-refractivity contribution is 0.417. The number of hydrogen-bond donors (Lipinski definition) is 1. The van der Waals surface area contributed by atoms with E-state index >= 15 is 0 Å². The van der Waals surface area contributed by atoms with Gasteiger partial charge in [-0.05, 0) is 29.0 Å². The number of pyridine rings is 1. The van der Waals surface area contributed by atoms with Crippen LogP contribution in [-0.4, -0.2) is 12.1 Å². The first-order valence-corrected chi connectivity index (χ1v) is 6.44. The molecular formula is C17H12N2O2. The molecule has 0 radical (unpaired) electrons. The summed E-state index contributed by atoms with van der Waals surface area (Å²) < 4.78 is 5.42. The van der Waals surface area contributed by atoms with E-state index in [0.29, 0.717) is 11.4 Å². The first-order chi connectivity index (χ1) is 10.2. The van der Waals surface area contributed by atoms with E-state index in [1.54, 1.807) is 13.2 Å². The van der Waals surface area contributed by atoms with Crippen molar-refractivity contribution in [1.29, 1.82) is 5.26 Å². The molecule has 1 aromatic heterocycles. The lowest BCUT2D eigenvalue weighted by Gasteiger charge is -2.12. The molecule has 3 rings (SSSR count). The Morgan fingerprint density at radius 3 is 2.62 bits per heavy atom. The van der Waals surface area contributed by atoms with E-state index in [2.05, 4.69) is 4.98 Å². The van der Waals surface area contributed by atoms with E-state index in [-0.39, 0.29) is 5.56 Å². The van der Waals surface area contributed by atoms with Crippen LogP contribution in [0.25, 0.3) is 22.0 Å². The third-order valence-electron chi connectivity index (χ3n) is 3.41. The number of ether oxygens (including phenoxy) is 1. The van der Waals surface area contributed by atoms with Crippen LogP contribution < -0.4 is 10.3 Å². The fourth-order valence-electron chi connectivity index (χ4n) is 2.41. The maximum atomic E-state index is 11.9. The second-order valence-corrected chi connectivity index (χ2v) is 4.59. The number of nitrogens with one attached hydrogen (secondary N) is 1. The minimum absolute atomic E-state index is 0.0953. The van der Waals surface area contributed by atoms with Gasteiger partial charge in [-0.15, -0.1) is 0 Å². The number of aromatic nitrogens is 1. The second kappa shape index (κ2) is 5.14. The summed E-state index contributed by atoms with van der Waals surface area (Å²) in [5, 5.41) is 10.9. The third kappa shape index (κ3) is 2.15. The predicted molar refractivity (Wildman–Crippen MR) is 81.3 cm³/mol. The van der Waals surface area contributed by atoms with Crippen molar-refractivity contribution in [3.63, 3.8) is 0 Å². The minimum Gasteiger partial charge on any atom is -0.496 e. The SMILES string of the molecule is COc1ccc2ccccc2c1-c1ccc(C#N)c(=O)[nH]1. The van der Waals surface area contributed by atoms with Gasteiger partial charge in [-0.2, -0.15) is 5.26 Å². The van der Waals surface area contributed by atoms with Crippen molar-refractivity contribution in [2.45, 2.75) is 0 Å². The van der Waals surface area contributed by atoms with E-state index in [1.165, 1.54) is 6.07 Å². The molecule has 0 saturated carbocycles. The van der Waals surface area contributed by atoms with Crippen LogP contribution in [0.1, 0.15) is 5.56 Å². The highest BCUT2D eigenvalue weighted by Gasteiger charge is 2.12. The van der Waals surface area contributed by atoms with Gasteiger partial charge in [0.05, 0.1) is 12.8 Å². The van der Waals surface area contributed by atoms with Crippen LogP contribution in [0, 0.1) is 11.3 Å². The predicted octanol–water partition coefficient (Wildman–Crippen LogP) is 3.08. The van der Waals surface area contributed by atoms with E-state index in [4.69, 9.17) is 10.00 Å². The molecule has 1 N–H and O–H groups in total. The van der Waals surface area contributed by atoms with Crippen LogP contribution in [0.5, 0.6) is 5.75 Å². The monoisotopic (exact) mass is 276 g/mol. The first-order valence-electron chi connectivity index (χ1n) is 6.44. The highest BCUT2D eigenvalue weighted by atomic mass is 16.5. The van der Waals surface area contributed by atoms with Gasteiger partial charge in [0.2, 0.25) is 0 Å². The molecule has 4 heteroatoms. The summed E-state index contributed by atoms with van der Waals surface area (Å²) in [7, 11) is 1.59. The molecule has 2 aromatic carbocycles. The molecular weight excluding hydrogens is 264 g/mol. The maximum absolute atomic E-state index is 11.9. The molecule has 0 amide bonds. The van der Waals surface area contributed by atoms with Crippen molar-refractivity contribution in [3.05, 3.63) is 64.4 Å². The van der Waals surface area contributed by atoms with Crippen molar-refractivity contribution in [1.82, 2.24) is 4.98 Å². The Morgan fingerprint density at radius 2 is 1.90 bits per heavy atom. The second-order valence-electron chi connectivity index (χ2n) is 4.59. The molecule has 21 heavy (non-hydrogen) atoms. The number of aromatic amines is 1. The summed E-state index contributed by atoms with van der Waals surface area (Å²) in [5.41, 5.74) is 1.15. The molecule has 0 bridgehead atoms. The number of H-pyrrole nitrogens is 1. The summed E-state index contributed by atoms with van der Waals surface area (Å²) >= 11 is 0. The van der Waals surface area contributed by atoms with Crippen molar-refractivity contribution in [2.75, 3.05) is 7.11 Å². The largest absolute Gasteiger partial charge is 0.496 e. The molecule has 4 nitrogen and oxygen atoms in total. The molecule has 102 valence electrons. The standard InChI is InChI=1S/C17H12N2O2/c1-21-15-9-7-11-4-2-3-5-13(11)16(15)14-8-6-12(10-18)17(20)19-14/h2-9H,1H3,(H,19,20). The van der Waals surface area contributed by atoms with E-state index in [0.717, 1.165) is 16.3 Å². The average Bonchev–Trinajstić information content (AvgIpc) is 2.53. The molecule has 0 aliphatic rings. The Balaban J connectivity index is 2.36. The van der Waals surface area contributed by atoms with Gasteiger partial charge in [0.15, 0.2) is 0 Å². The van der Waals surface area contributed by atoms with Crippen LogP contribution in [0.2, 0.25) is 0 Å². The molecule has 0 atom stereocenters. The summed E-state index contributed by atoms with van der Waals surface area (Å²) in [6, 6.07) is 16.8. The van der Waals surface area contributed by atoms with Gasteiger partial charge in [0, 0.05) is 5.56 Å². The number of rotatable bonds is 2. The molecule has 3 aromatic rings. The molecule has 0 fully saturated rings. The minimum atomic E-state index is -0.398. The van der Waals surface area contributed by atoms with Crippen LogP contribution in [0.4, 0.5) is 0 Å². The van der Waals surface area contributed by atoms with Gasteiger partial charge in [0.25, 0.3) is 5.56 Å². The van der Waals surface area contributed by atoms with Crippen molar-refractivity contribution >= 4 is 10.8 Å². The van der Waals surface area contributed by atoms with Gasteiger partial charge in [-0.1, -0.05) is 30.3 Å². The highest BCUT2D eigenvalue weighted by Crippen LogP contribution is 2.35. The molecule has 0 unspecified atom stereocenters. The van der Waals surface area contributed by atoms with Crippen molar-refractivity contribution in [2.24, 2.45) is 0 Å². The number of fused-ring (bicyclic) bond motifs is 1. The third-order valence-corrected chi connectivity index (χ3v) is 3.41. The summed E-state index contributed by atoms with van der Waals surface area (Å²) in [6.45, 7) is 0. The van der Waals surface area contributed by atoms with Gasteiger partial charge in [0.1, 0.15) is 17.4 Å². The smallest absolute Gasteiger partial charge is 0.266 e. The van der Waals surface area contributed by atoms with Gasteiger partial charge in [-0.25, -0.2) is 0 Å². The van der Waals surface area contributed by atoms with Gasteiger partial charge < -0.3 is 9.72 Å². The van der Waals surface area contributed by atoms with Crippen molar-refractivity contribution < 1.29 is 4.74 Å². The maximum Gasteiger partial charge on any atom is 0.266 e. The normalized spacial score (nSPS) is 10.3. The molecule has 1 heterocycles. The Kier molecular flexibility index (Phi) is 3.17. The lowest BCUT2D eigenvalue weighted by Crippen LogP contribution is -2.10. The number of nitrogens with zero attached hydrogens (tertiary/aromatic N) is 1. The van der Waals surface area contributed by atoms with E-state index < -0.39 is 5.56 Å². The molecule has 0 aliphatic carbocycles. The number of methoxy groups -OCH3 is 1. The van der Waals surface area contributed by atoms with Crippen LogP contribution in [-0.2, 0) is 0 Å². The number of hydrogen-bond acceptors (Lipinski definition) is 3. The molecule has 0 spiro atoms. The fourth-order valence-corrected chi connectivity index (χ4v) is 2.41. The van der Waals surface area contributed by atoms with Crippen LogP contribution in [0.3, 0.4) is 0 Å². The molecule has 0 saturated heterocycles. The Labute approximate surface area is 121 Å². The van der Waals surface area contributed by atoms with Crippen LogP contribution in [0.15, 0.2) is 53.3 Å². The number of benzene rings is 2. The Hall–Kier alpha value is -3.06. The molecule has 0 aliphatic heterocycles. The Bertz CT molecular complexity index is 920. The van der Waals surface area contributed by atoms with E-state index in [1.807, 2.05) is 42.5 Å². The van der Waals surface area contributed by atoms with E-state index in [9.17, 15) is 4.79 Å². The first kappa shape index (κ1) is 12.9. The average molecular weight is 276 g/mol. The quantitative estimate of drug-likeness (QED) is 0.782. The van der Waals surface area contributed by atoms with Crippen molar-refractivity contribution in [3.8, 4) is 23.1 Å². The summed E-state index contributed by atoms with van der Waals surface area (Å²) in [4.78, 5) is 14.6. The van der Waals surface area contributed by atoms with Crippen LogP contribution >= 0.6 is 0 Å². The number of nitriles is 1. The zero-order chi connectivity index (χ0) is 14.8. The fraction of sp³-hybridized carbons (Fsp3) is 0.0588. The lowest BCUT2D eigenvalue weighted by atomic mass is 10.0. The zero-order valence-corrected chi connectivity index (χ0v) is 11.4. The Morgan fingerprint density at radius 1 is 1.10 bits per heavy atom. The summed E-state index contributed by atoms with van der Waals surface area (Å²) in [5.74, 6) is 0.675. The van der Waals surface area contributed by atoms with Gasteiger partial charge in [-0.3, -0.25) is 4.79 Å². The van der Waals surface area contributed by atoms with Gasteiger partial charge >= 0.3 is 0 Å². The topological polar surface area (TPSA) is 65.9 Å². The zero-order valence-electron chi connectivity index (χ0n) is 11.4. The summed E-state index contributed by atoms with van der Waals surface area (Å²) in [6.07, 6.45) is 0.